The van der Waals surface area contributed by atoms with E-state index in [2.05, 4.69) is 4.98 Å². The van der Waals surface area contributed by atoms with Gasteiger partial charge in [-0.3, -0.25) is 14.2 Å². The van der Waals surface area contributed by atoms with Crippen LogP contribution in [0.15, 0.2) is 59.5 Å². The fourth-order valence-corrected chi connectivity index (χ4v) is 3.76. The molecule has 1 aromatic heterocycles. The molecule has 0 spiro atoms. The monoisotopic (exact) mass is 422 g/mol. The van der Waals surface area contributed by atoms with Crippen LogP contribution in [0.5, 0.6) is 0 Å². The van der Waals surface area contributed by atoms with Gasteiger partial charge in [0.05, 0.1) is 12.1 Å². The highest BCUT2D eigenvalue weighted by Crippen LogP contribution is 2.14. The molecule has 0 bridgehead atoms. The SMILES string of the molecule is Cc1c[nH]c(=O)n1-c1ccc(C(=O)N2CCN(C(=O)Cc3ccc(F)cc3)CC2)cc1. The molecule has 1 fully saturated rings. The Labute approximate surface area is 178 Å². The molecule has 2 aromatic carbocycles. The van der Waals surface area contributed by atoms with Gasteiger partial charge in [0, 0.05) is 43.6 Å². The molecule has 0 aliphatic carbocycles. The molecule has 8 heteroatoms. The number of aryl methyl sites for hydroxylation is 1. The molecule has 31 heavy (non-hydrogen) atoms. The standard InChI is InChI=1S/C23H23FN4O3/c1-16-15-25-23(31)28(16)20-8-4-18(5-9-20)22(30)27-12-10-26(11-13-27)21(29)14-17-2-6-19(24)7-3-17/h2-9,15H,10-14H2,1H3,(H,25,31). The first-order valence-electron chi connectivity index (χ1n) is 10.1. The molecule has 0 atom stereocenters. The second-order valence-electron chi connectivity index (χ2n) is 7.59. The van der Waals surface area contributed by atoms with Crippen LogP contribution in [0.25, 0.3) is 5.69 Å². The maximum Gasteiger partial charge on any atom is 0.330 e. The lowest BCUT2D eigenvalue weighted by Crippen LogP contribution is -2.51. The smallest absolute Gasteiger partial charge is 0.330 e. The van der Waals surface area contributed by atoms with Gasteiger partial charge in [0.25, 0.3) is 5.91 Å². The van der Waals surface area contributed by atoms with Gasteiger partial charge in [0.2, 0.25) is 5.91 Å². The third kappa shape index (κ3) is 4.42. The maximum atomic E-state index is 13.0. The first-order valence-corrected chi connectivity index (χ1v) is 10.1. The third-order valence-corrected chi connectivity index (χ3v) is 5.52. The largest absolute Gasteiger partial charge is 0.339 e. The van der Waals surface area contributed by atoms with Gasteiger partial charge < -0.3 is 14.8 Å². The van der Waals surface area contributed by atoms with Crippen LogP contribution in [0.3, 0.4) is 0 Å². The molecule has 1 aliphatic rings. The number of carbonyl (C=O) groups excluding carboxylic acids is 2. The zero-order chi connectivity index (χ0) is 22.0. The van der Waals surface area contributed by atoms with Crippen LogP contribution in [0.2, 0.25) is 0 Å². The average Bonchev–Trinajstić information content (AvgIpc) is 3.13. The summed E-state index contributed by atoms with van der Waals surface area (Å²) in [4.78, 5) is 43.4. The van der Waals surface area contributed by atoms with E-state index >= 15 is 0 Å². The van der Waals surface area contributed by atoms with Gasteiger partial charge in [-0.15, -0.1) is 0 Å². The fraction of sp³-hybridized carbons (Fsp3) is 0.261. The van der Waals surface area contributed by atoms with Gasteiger partial charge in [-0.2, -0.15) is 0 Å². The Bertz CT molecular complexity index is 1140. The van der Waals surface area contributed by atoms with Crippen LogP contribution in [0.1, 0.15) is 21.6 Å². The van der Waals surface area contributed by atoms with Gasteiger partial charge in [-0.05, 0) is 48.9 Å². The van der Waals surface area contributed by atoms with Crippen molar-refractivity contribution in [3.63, 3.8) is 0 Å². The highest BCUT2D eigenvalue weighted by molar-refractivity contribution is 5.94. The Kier molecular flexibility index (Phi) is 5.70. The van der Waals surface area contributed by atoms with E-state index in [1.165, 1.54) is 12.1 Å². The number of carbonyl (C=O) groups is 2. The average molecular weight is 422 g/mol. The van der Waals surface area contributed by atoms with E-state index in [9.17, 15) is 18.8 Å². The molecule has 1 saturated heterocycles. The molecule has 2 amide bonds. The number of nitrogens with one attached hydrogen (secondary N) is 1. The van der Waals surface area contributed by atoms with Crippen molar-refractivity contribution in [3.05, 3.63) is 87.9 Å². The lowest BCUT2D eigenvalue weighted by atomic mass is 10.1. The molecule has 160 valence electrons. The van der Waals surface area contributed by atoms with Crippen LogP contribution in [-0.4, -0.2) is 57.3 Å². The van der Waals surface area contributed by atoms with Gasteiger partial charge in [-0.25, -0.2) is 9.18 Å². The molecule has 2 heterocycles. The predicted octanol–water partition coefficient (Wildman–Crippen LogP) is 2.14. The second kappa shape index (κ2) is 8.59. The number of aromatic nitrogens is 2. The molecule has 7 nitrogen and oxygen atoms in total. The summed E-state index contributed by atoms with van der Waals surface area (Å²) in [7, 11) is 0. The van der Waals surface area contributed by atoms with Crippen molar-refractivity contribution in [1.82, 2.24) is 19.4 Å². The number of benzene rings is 2. The second-order valence-corrected chi connectivity index (χ2v) is 7.59. The zero-order valence-electron chi connectivity index (χ0n) is 17.2. The fourth-order valence-electron chi connectivity index (χ4n) is 3.76. The van der Waals surface area contributed by atoms with Crippen molar-refractivity contribution in [2.45, 2.75) is 13.3 Å². The molecule has 0 unspecified atom stereocenters. The van der Waals surface area contributed by atoms with E-state index < -0.39 is 0 Å². The topological polar surface area (TPSA) is 78.4 Å². The van der Waals surface area contributed by atoms with Crippen LogP contribution >= 0.6 is 0 Å². The summed E-state index contributed by atoms with van der Waals surface area (Å²) >= 11 is 0. The molecule has 3 aromatic rings. The number of hydrogen-bond donors (Lipinski definition) is 1. The van der Waals surface area contributed by atoms with Crippen molar-refractivity contribution in [3.8, 4) is 5.69 Å². The molecule has 1 aliphatic heterocycles. The number of H-pyrrole nitrogens is 1. The minimum atomic E-state index is -0.327. The van der Waals surface area contributed by atoms with Crippen molar-refractivity contribution in [1.29, 1.82) is 0 Å². The molecule has 0 radical (unpaired) electrons. The number of aromatic amines is 1. The first kappa shape index (κ1) is 20.6. The van der Waals surface area contributed by atoms with Crippen molar-refractivity contribution < 1.29 is 14.0 Å². The van der Waals surface area contributed by atoms with E-state index in [0.29, 0.717) is 37.4 Å². The van der Waals surface area contributed by atoms with E-state index in [1.54, 1.807) is 57.0 Å². The number of amides is 2. The van der Waals surface area contributed by atoms with Crippen molar-refractivity contribution in [2.75, 3.05) is 26.2 Å². The highest BCUT2D eigenvalue weighted by Gasteiger charge is 2.25. The third-order valence-electron chi connectivity index (χ3n) is 5.52. The minimum Gasteiger partial charge on any atom is -0.339 e. The molecular formula is C23H23FN4O3. The Hall–Kier alpha value is -3.68. The van der Waals surface area contributed by atoms with Gasteiger partial charge in [0.1, 0.15) is 5.82 Å². The summed E-state index contributed by atoms with van der Waals surface area (Å²) < 4.78 is 14.6. The summed E-state index contributed by atoms with van der Waals surface area (Å²) in [5.41, 5.74) is 2.55. The normalized spacial score (nSPS) is 14.0. The number of rotatable bonds is 4. The Morgan fingerprint density at radius 2 is 1.55 bits per heavy atom. The van der Waals surface area contributed by atoms with Gasteiger partial charge >= 0.3 is 5.69 Å². The summed E-state index contributed by atoms with van der Waals surface area (Å²) in [6.07, 6.45) is 1.85. The number of hydrogen-bond acceptors (Lipinski definition) is 3. The Morgan fingerprint density at radius 3 is 2.13 bits per heavy atom. The van der Waals surface area contributed by atoms with E-state index in [0.717, 1.165) is 11.3 Å². The van der Waals surface area contributed by atoms with Crippen LogP contribution in [0, 0.1) is 12.7 Å². The lowest BCUT2D eigenvalue weighted by molar-refractivity contribution is -0.131. The Morgan fingerprint density at radius 1 is 0.935 bits per heavy atom. The van der Waals surface area contributed by atoms with Crippen molar-refractivity contribution >= 4 is 11.8 Å². The van der Waals surface area contributed by atoms with Gasteiger partial charge in [0.15, 0.2) is 0 Å². The number of halogens is 1. The lowest BCUT2D eigenvalue weighted by Gasteiger charge is -2.35. The van der Waals surface area contributed by atoms with Crippen LogP contribution < -0.4 is 5.69 Å². The summed E-state index contributed by atoms with van der Waals surface area (Å²) in [5.74, 6) is -0.461. The molecule has 1 N–H and O–H groups in total. The zero-order valence-corrected chi connectivity index (χ0v) is 17.2. The minimum absolute atomic E-state index is 0.0321. The predicted molar refractivity (Wildman–Crippen MR) is 114 cm³/mol. The number of imidazole rings is 1. The number of piperazine rings is 1. The number of nitrogens with zero attached hydrogens (tertiary/aromatic N) is 3. The molecule has 4 rings (SSSR count). The van der Waals surface area contributed by atoms with E-state index in [4.69, 9.17) is 0 Å². The van der Waals surface area contributed by atoms with Gasteiger partial charge in [-0.1, -0.05) is 12.1 Å². The summed E-state index contributed by atoms with van der Waals surface area (Å²) in [6.45, 7) is 3.65. The summed E-state index contributed by atoms with van der Waals surface area (Å²) in [6, 6.07) is 12.8. The van der Waals surface area contributed by atoms with Crippen LogP contribution in [-0.2, 0) is 11.2 Å². The molecule has 0 saturated carbocycles. The van der Waals surface area contributed by atoms with Crippen molar-refractivity contribution in [2.24, 2.45) is 0 Å². The van der Waals surface area contributed by atoms with E-state index in [1.807, 2.05) is 6.92 Å². The summed E-state index contributed by atoms with van der Waals surface area (Å²) in [5, 5.41) is 0. The highest BCUT2D eigenvalue weighted by atomic mass is 19.1. The Balaban J connectivity index is 1.35. The van der Waals surface area contributed by atoms with Crippen LogP contribution in [0.4, 0.5) is 4.39 Å². The maximum absolute atomic E-state index is 13.0. The first-order chi connectivity index (χ1) is 14.9. The molecular weight excluding hydrogens is 399 g/mol. The quantitative estimate of drug-likeness (QED) is 0.700. The van der Waals surface area contributed by atoms with E-state index in [-0.39, 0.29) is 29.7 Å².